The largest absolute Gasteiger partial charge is 0.360 e. The molecule has 0 aliphatic carbocycles. The molecule has 2 atom stereocenters. The van der Waals surface area contributed by atoms with Gasteiger partial charge >= 0.3 is 0 Å². The maximum Gasteiger partial charge on any atom is 0.223 e. The van der Waals surface area contributed by atoms with E-state index in [4.69, 9.17) is 16.1 Å². The second kappa shape index (κ2) is 4.90. The predicted molar refractivity (Wildman–Crippen MR) is 66.3 cm³/mol. The number of amides is 1. The lowest BCUT2D eigenvalue weighted by Gasteiger charge is -2.23. The maximum atomic E-state index is 12.2. The van der Waals surface area contributed by atoms with Crippen molar-refractivity contribution in [1.82, 2.24) is 15.4 Å². The van der Waals surface area contributed by atoms with Crippen LogP contribution in [0.25, 0.3) is 0 Å². The highest BCUT2D eigenvalue weighted by atomic mass is 35.5. The van der Waals surface area contributed by atoms with Crippen LogP contribution in [0.5, 0.6) is 0 Å². The summed E-state index contributed by atoms with van der Waals surface area (Å²) in [7, 11) is 0. The van der Waals surface area contributed by atoms with E-state index in [9.17, 15) is 4.79 Å². The number of rotatable bonds is 3. The van der Waals surface area contributed by atoms with Crippen LogP contribution in [0.1, 0.15) is 18.6 Å². The fourth-order valence-electron chi connectivity index (χ4n) is 2.94. The zero-order valence-corrected chi connectivity index (χ0v) is 10.8. The molecule has 18 heavy (non-hydrogen) atoms. The molecule has 5 nitrogen and oxygen atoms in total. The summed E-state index contributed by atoms with van der Waals surface area (Å²) >= 11 is 5.67. The first kappa shape index (κ1) is 12.0. The summed E-state index contributed by atoms with van der Waals surface area (Å²) in [6.45, 7) is 2.88. The predicted octanol–water partition coefficient (Wildman–Crippen LogP) is 1.08. The van der Waals surface area contributed by atoms with Gasteiger partial charge in [-0.15, -0.1) is 0 Å². The molecule has 1 aromatic heterocycles. The Kier molecular flexibility index (Phi) is 3.26. The first-order valence-electron chi connectivity index (χ1n) is 6.35. The van der Waals surface area contributed by atoms with Gasteiger partial charge in [0.05, 0.1) is 0 Å². The molecule has 1 aromatic rings. The molecule has 2 aliphatic rings. The minimum absolute atomic E-state index is 0.207. The van der Waals surface area contributed by atoms with Crippen LogP contribution >= 0.6 is 11.6 Å². The Morgan fingerprint density at radius 3 is 3.28 bits per heavy atom. The van der Waals surface area contributed by atoms with Gasteiger partial charge in [0.1, 0.15) is 5.76 Å². The van der Waals surface area contributed by atoms with Gasteiger partial charge in [0, 0.05) is 44.6 Å². The average Bonchev–Trinajstić information content (AvgIpc) is 3.01. The Morgan fingerprint density at radius 2 is 2.50 bits per heavy atom. The van der Waals surface area contributed by atoms with Crippen LogP contribution < -0.4 is 5.32 Å². The number of hydrogen-bond donors (Lipinski definition) is 1. The van der Waals surface area contributed by atoms with Crippen LogP contribution in [0.3, 0.4) is 0 Å². The number of carbonyl (C=O) groups excluding carboxylic acids is 1. The molecule has 3 heterocycles. The molecular weight excluding hydrogens is 254 g/mol. The van der Waals surface area contributed by atoms with Gasteiger partial charge in [-0.25, -0.2) is 0 Å². The molecule has 2 fully saturated rings. The monoisotopic (exact) mass is 269 g/mol. The normalized spacial score (nSPS) is 26.6. The lowest BCUT2D eigenvalue weighted by atomic mass is 10.1. The van der Waals surface area contributed by atoms with Gasteiger partial charge in [0.15, 0.2) is 5.15 Å². The quantitative estimate of drug-likeness (QED) is 0.892. The van der Waals surface area contributed by atoms with Crippen molar-refractivity contribution < 1.29 is 9.32 Å². The number of halogens is 1. The number of fused-ring (bicyclic) bond motifs is 1. The molecule has 0 bridgehead atoms. The van der Waals surface area contributed by atoms with E-state index in [0.29, 0.717) is 35.7 Å². The standard InChI is InChI=1S/C12H16ClN3O2/c13-11-5-9(18-15-11)1-2-12(17)16-4-3-8-6-14-7-10(8)16/h5,8,10,14H,1-4,6-7H2/t8-,10+/m0/s1. The smallest absolute Gasteiger partial charge is 0.223 e. The van der Waals surface area contributed by atoms with Crippen molar-refractivity contribution in [3.8, 4) is 0 Å². The van der Waals surface area contributed by atoms with Crippen molar-refractivity contribution in [3.63, 3.8) is 0 Å². The summed E-state index contributed by atoms with van der Waals surface area (Å²) in [5.74, 6) is 1.53. The Bertz CT molecular complexity index is 448. The minimum atomic E-state index is 0.207. The van der Waals surface area contributed by atoms with Crippen molar-refractivity contribution in [1.29, 1.82) is 0 Å². The second-order valence-electron chi connectivity index (χ2n) is 4.98. The Hall–Kier alpha value is -1.07. The van der Waals surface area contributed by atoms with E-state index in [-0.39, 0.29) is 5.91 Å². The first-order valence-corrected chi connectivity index (χ1v) is 6.73. The number of carbonyl (C=O) groups is 1. The number of hydrogen-bond acceptors (Lipinski definition) is 4. The number of likely N-dealkylation sites (tertiary alicyclic amines) is 1. The lowest BCUT2D eigenvalue weighted by Crippen LogP contribution is -2.39. The summed E-state index contributed by atoms with van der Waals surface area (Å²) in [6, 6.07) is 2.06. The highest BCUT2D eigenvalue weighted by Gasteiger charge is 2.39. The molecule has 3 rings (SSSR count). The first-order chi connectivity index (χ1) is 8.74. The maximum absolute atomic E-state index is 12.2. The molecule has 98 valence electrons. The van der Waals surface area contributed by atoms with E-state index in [1.165, 1.54) is 0 Å². The fraction of sp³-hybridized carbons (Fsp3) is 0.667. The van der Waals surface area contributed by atoms with E-state index in [2.05, 4.69) is 10.5 Å². The molecule has 2 saturated heterocycles. The molecule has 0 spiro atoms. The lowest BCUT2D eigenvalue weighted by molar-refractivity contribution is -0.132. The Morgan fingerprint density at radius 1 is 1.61 bits per heavy atom. The molecule has 0 radical (unpaired) electrons. The zero-order valence-electron chi connectivity index (χ0n) is 10.1. The third-order valence-corrected chi connectivity index (χ3v) is 4.06. The number of aryl methyl sites for hydroxylation is 1. The van der Waals surface area contributed by atoms with Crippen LogP contribution in [-0.4, -0.2) is 41.6 Å². The van der Waals surface area contributed by atoms with E-state index in [0.717, 1.165) is 26.1 Å². The average molecular weight is 270 g/mol. The van der Waals surface area contributed by atoms with Gasteiger partial charge in [0.2, 0.25) is 5.91 Å². The van der Waals surface area contributed by atoms with E-state index < -0.39 is 0 Å². The van der Waals surface area contributed by atoms with Gasteiger partial charge < -0.3 is 14.7 Å². The summed E-state index contributed by atoms with van der Waals surface area (Å²) < 4.78 is 5.00. The minimum Gasteiger partial charge on any atom is -0.360 e. The van der Waals surface area contributed by atoms with Crippen LogP contribution in [0, 0.1) is 5.92 Å². The van der Waals surface area contributed by atoms with Gasteiger partial charge in [-0.3, -0.25) is 4.79 Å². The van der Waals surface area contributed by atoms with Crippen molar-refractivity contribution in [2.45, 2.75) is 25.3 Å². The number of aromatic nitrogens is 1. The topological polar surface area (TPSA) is 58.4 Å². The van der Waals surface area contributed by atoms with Gasteiger partial charge in [0.25, 0.3) is 0 Å². The third-order valence-electron chi connectivity index (χ3n) is 3.88. The molecular formula is C12H16ClN3O2. The highest BCUT2D eigenvalue weighted by Crippen LogP contribution is 2.27. The molecule has 1 amide bonds. The molecule has 0 saturated carbocycles. The summed E-state index contributed by atoms with van der Waals surface area (Å²) in [5.41, 5.74) is 0. The summed E-state index contributed by atoms with van der Waals surface area (Å²) in [4.78, 5) is 14.2. The molecule has 0 unspecified atom stereocenters. The number of nitrogens with zero attached hydrogens (tertiary/aromatic N) is 2. The van der Waals surface area contributed by atoms with Crippen LogP contribution in [0.4, 0.5) is 0 Å². The SMILES string of the molecule is O=C(CCc1cc(Cl)no1)N1CC[C@H]2CNC[C@H]21. The number of nitrogens with one attached hydrogen (secondary N) is 1. The Balaban J connectivity index is 1.55. The van der Waals surface area contributed by atoms with E-state index in [1.54, 1.807) is 6.07 Å². The zero-order chi connectivity index (χ0) is 12.5. The van der Waals surface area contributed by atoms with Crippen LogP contribution in [0.15, 0.2) is 10.6 Å². The molecule has 6 heteroatoms. The van der Waals surface area contributed by atoms with Gasteiger partial charge in [-0.2, -0.15) is 0 Å². The summed E-state index contributed by atoms with van der Waals surface area (Å²) in [5, 5.41) is 7.29. The molecule has 1 N–H and O–H groups in total. The van der Waals surface area contributed by atoms with Crippen molar-refractivity contribution in [2.75, 3.05) is 19.6 Å². The third kappa shape index (κ3) is 2.24. The van der Waals surface area contributed by atoms with Gasteiger partial charge in [-0.05, 0) is 12.3 Å². The summed E-state index contributed by atoms with van der Waals surface area (Å²) in [6.07, 6.45) is 2.16. The second-order valence-corrected chi connectivity index (χ2v) is 5.36. The molecule has 0 aromatic carbocycles. The van der Waals surface area contributed by atoms with Crippen molar-refractivity contribution >= 4 is 17.5 Å². The van der Waals surface area contributed by atoms with Crippen molar-refractivity contribution in [2.24, 2.45) is 5.92 Å². The van der Waals surface area contributed by atoms with Crippen LogP contribution in [-0.2, 0) is 11.2 Å². The highest BCUT2D eigenvalue weighted by molar-refractivity contribution is 6.29. The van der Waals surface area contributed by atoms with Gasteiger partial charge in [-0.1, -0.05) is 16.8 Å². The van der Waals surface area contributed by atoms with Crippen LogP contribution in [0.2, 0.25) is 5.15 Å². The molecule has 2 aliphatic heterocycles. The Labute approximate surface area is 110 Å². The fourth-order valence-corrected chi connectivity index (χ4v) is 3.09. The van der Waals surface area contributed by atoms with Crippen molar-refractivity contribution in [3.05, 3.63) is 17.0 Å². The van der Waals surface area contributed by atoms with E-state index >= 15 is 0 Å². The van der Waals surface area contributed by atoms with E-state index in [1.807, 2.05) is 4.90 Å².